The van der Waals surface area contributed by atoms with Gasteiger partial charge < -0.3 is 4.55 Å². The van der Waals surface area contributed by atoms with E-state index < -0.39 is 10.1 Å². The standard InChI is InChI=1S/C34H56O3S.Na/c1-3-5-7-9-11-13-15-17-19-21-24-30-25-23-26-31-28-29-33(38(35,36)37)32(34(30)31)27-22-20-18-16-14-12-10-8-6-4-2;/h23,25-26,28-29H,3-22,24,27H2,1-2H3,(H,35,36,37);/q;+1/p-1. The fourth-order valence-electron chi connectivity index (χ4n) is 5.80. The van der Waals surface area contributed by atoms with E-state index in [1.54, 1.807) is 6.07 Å². The van der Waals surface area contributed by atoms with Crippen LogP contribution < -0.4 is 29.6 Å². The first kappa shape index (κ1) is 36.6. The number of benzene rings is 2. The quantitative estimate of drug-likeness (QED) is 0.0788. The van der Waals surface area contributed by atoms with Crippen LogP contribution in [0.3, 0.4) is 0 Å². The molecule has 2 aromatic rings. The second-order valence-corrected chi connectivity index (χ2v) is 12.7. The number of hydrogen-bond acceptors (Lipinski definition) is 3. The van der Waals surface area contributed by atoms with Crippen LogP contribution in [0.25, 0.3) is 10.8 Å². The molecule has 5 heteroatoms. The Morgan fingerprint density at radius 2 is 1.00 bits per heavy atom. The molecule has 0 N–H and O–H groups in total. The van der Waals surface area contributed by atoms with Gasteiger partial charge in [0.2, 0.25) is 0 Å². The Bertz CT molecular complexity index is 1000. The summed E-state index contributed by atoms with van der Waals surface area (Å²) in [6.45, 7) is 4.51. The second-order valence-electron chi connectivity index (χ2n) is 11.4. The summed E-state index contributed by atoms with van der Waals surface area (Å²) in [5.74, 6) is 0. The molecule has 2 aromatic carbocycles. The molecule has 2 rings (SSSR count). The van der Waals surface area contributed by atoms with E-state index >= 15 is 0 Å². The number of fused-ring (bicyclic) bond motifs is 1. The molecule has 0 spiro atoms. The zero-order chi connectivity index (χ0) is 27.5. The monoisotopic (exact) mass is 566 g/mol. The van der Waals surface area contributed by atoms with Crippen LogP contribution in [0.15, 0.2) is 35.2 Å². The maximum absolute atomic E-state index is 12.2. The van der Waals surface area contributed by atoms with E-state index in [0.29, 0.717) is 6.42 Å². The Morgan fingerprint density at radius 3 is 1.46 bits per heavy atom. The SMILES string of the molecule is CCCCCCCCCCCCc1cccc2ccc(S(=O)(=O)[O-])c(CCCCCCCCCCCC)c12.[Na+]. The van der Waals surface area contributed by atoms with Crippen molar-refractivity contribution in [2.75, 3.05) is 0 Å². The van der Waals surface area contributed by atoms with Gasteiger partial charge in [-0.3, -0.25) is 0 Å². The van der Waals surface area contributed by atoms with Crippen LogP contribution in [-0.4, -0.2) is 13.0 Å². The predicted molar refractivity (Wildman–Crippen MR) is 163 cm³/mol. The zero-order valence-electron chi connectivity index (χ0n) is 25.6. The van der Waals surface area contributed by atoms with Crippen molar-refractivity contribution in [3.63, 3.8) is 0 Å². The summed E-state index contributed by atoms with van der Waals surface area (Å²) in [5, 5.41) is 2.08. The van der Waals surface area contributed by atoms with E-state index in [4.69, 9.17) is 0 Å². The fourth-order valence-corrected chi connectivity index (χ4v) is 6.54. The Labute approximate surface area is 263 Å². The molecule has 0 bridgehead atoms. The molecule has 216 valence electrons. The normalized spacial score (nSPS) is 11.7. The molecule has 0 atom stereocenters. The van der Waals surface area contributed by atoms with Crippen LogP contribution in [0.1, 0.15) is 153 Å². The van der Waals surface area contributed by atoms with Gasteiger partial charge in [-0.25, -0.2) is 8.42 Å². The smallest absolute Gasteiger partial charge is 0.744 e. The first-order valence-corrected chi connectivity index (χ1v) is 17.4. The van der Waals surface area contributed by atoms with E-state index in [1.807, 2.05) is 6.07 Å². The summed E-state index contributed by atoms with van der Waals surface area (Å²) in [7, 11) is -4.50. The first-order valence-electron chi connectivity index (χ1n) is 16.0. The summed E-state index contributed by atoms with van der Waals surface area (Å²) in [4.78, 5) is -0.00329. The topological polar surface area (TPSA) is 57.2 Å². The second kappa shape index (κ2) is 22.2. The third-order valence-electron chi connectivity index (χ3n) is 8.05. The molecule has 3 nitrogen and oxygen atoms in total. The number of aryl methyl sites for hydroxylation is 2. The summed E-state index contributed by atoms with van der Waals surface area (Å²) in [6, 6.07) is 9.63. The number of unbranched alkanes of at least 4 members (excludes halogenated alkanes) is 18. The molecule has 0 aliphatic heterocycles. The van der Waals surface area contributed by atoms with E-state index in [-0.39, 0.29) is 34.5 Å². The third-order valence-corrected chi connectivity index (χ3v) is 8.97. The summed E-state index contributed by atoms with van der Waals surface area (Å²) in [6.07, 6.45) is 27.0. The largest absolute Gasteiger partial charge is 1.00 e. The van der Waals surface area contributed by atoms with Crippen molar-refractivity contribution < 1.29 is 42.5 Å². The minimum Gasteiger partial charge on any atom is -0.744 e. The van der Waals surface area contributed by atoms with Crippen LogP contribution in [0.4, 0.5) is 0 Å². The van der Waals surface area contributed by atoms with Crippen LogP contribution in [0.5, 0.6) is 0 Å². The maximum Gasteiger partial charge on any atom is 1.00 e. The van der Waals surface area contributed by atoms with Crippen LogP contribution >= 0.6 is 0 Å². The van der Waals surface area contributed by atoms with Crippen molar-refractivity contribution in [1.29, 1.82) is 0 Å². The van der Waals surface area contributed by atoms with Crippen LogP contribution in [0, 0.1) is 0 Å². The van der Waals surface area contributed by atoms with E-state index in [2.05, 4.69) is 32.0 Å². The van der Waals surface area contributed by atoms with Gasteiger partial charge in [0.15, 0.2) is 0 Å². The van der Waals surface area contributed by atoms with Crippen molar-refractivity contribution in [2.24, 2.45) is 0 Å². The first-order chi connectivity index (χ1) is 18.5. The average Bonchev–Trinajstić information content (AvgIpc) is 2.90. The van der Waals surface area contributed by atoms with Gasteiger partial charge in [0.05, 0.1) is 4.90 Å². The van der Waals surface area contributed by atoms with Gasteiger partial charge in [-0.15, -0.1) is 0 Å². The predicted octanol–water partition coefficient (Wildman–Crippen LogP) is 7.67. The third kappa shape index (κ3) is 14.9. The van der Waals surface area contributed by atoms with Crippen molar-refractivity contribution >= 4 is 20.9 Å². The molecule has 0 aliphatic carbocycles. The van der Waals surface area contributed by atoms with Crippen molar-refractivity contribution in [3.8, 4) is 0 Å². The molecule has 0 aliphatic rings. The summed E-state index contributed by atoms with van der Waals surface area (Å²) >= 11 is 0. The number of rotatable bonds is 23. The Hall–Kier alpha value is -0.390. The molecule has 0 aromatic heterocycles. The van der Waals surface area contributed by atoms with Crippen LogP contribution in [-0.2, 0) is 23.0 Å². The van der Waals surface area contributed by atoms with Gasteiger partial charge in [-0.05, 0) is 53.6 Å². The summed E-state index contributed by atoms with van der Waals surface area (Å²) in [5.41, 5.74) is 1.97. The van der Waals surface area contributed by atoms with Crippen molar-refractivity contribution in [3.05, 3.63) is 41.5 Å². The molecule has 0 fully saturated rings. The van der Waals surface area contributed by atoms with Gasteiger partial charge in [-0.1, -0.05) is 154 Å². The van der Waals surface area contributed by atoms with Crippen molar-refractivity contribution in [1.82, 2.24) is 0 Å². The van der Waals surface area contributed by atoms with E-state index in [0.717, 1.165) is 42.0 Å². The zero-order valence-corrected chi connectivity index (χ0v) is 28.4. The van der Waals surface area contributed by atoms with Gasteiger partial charge in [0.1, 0.15) is 10.1 Å². The molecule has 0 saturated heterocycles. The van der Waals surface area contributed by atoms with E-state index in [9.17, 15) is 13.0 Å². The molecule has 0 unspecified atom stereocenters. The van der Waals surface area contributed by atoms with Crippen LogP contribution in [0.2, 0.25) is 0 Å². The molecular weight excluding hydrogens is 511 g/mol. The minimum absolute atomic E-state index is 0. The maximum atomic E-state index is 12.2. The summed E-state index contributed by atoms with van der Waals surface area (Å²) < 4.78 is 36.5. The molecule has 0 saturated carbocycles. The minimum atomic E-state index is -4.50. The average molecular weight is 567 g/mol. The molecule has 0 amide bonds. The molecule has 0 radical (unpaired) electrons. The molecule has 39 heavy (non-hydrogen) atoms. The van der Waals surface area contributed by atoms with Gasteiger partial charge in [-0.2, -0.15) is 0 Å². The fraction of sp³-hybridized carbons (Fsp3) is 0.706. The Kier molecular flexibility index (Phi) is 20.9. The van der Waals surface area contributed by atoms with E-state index in [1.165, 1.54) is 115 Å². The Balaban J connectivity index is 0.00000760. The molecular formula is C34H55NaO3S. The molecule has 0 heterocycles. The van der Waals surface area contributed by atoms with Gasteiger partial charge in [0.25, 0.3) is 0 Å². The number of hydrogen-bond donors (Lipinski definition) is 0. The van der Waals surface area contributed by atoms with Gasteiger partial charge >= 0.3 is 29.6 Å². The van der Waals surface area contributed by atoms with Gasteiger partial charge in [0, 0.05) is 0 Å². The van der Waals surface area contributed by atoms with Crippen molar-refractivity contribution in [2.45, 2.75) is 160 Å². The Morgan fingerprint density at radius 1 is 0.564 bits per heavy atom.